The van der Waals surface area contributed by atoms with Gasteiger partial charge in [-0.3, -0.25) is 4.90 Å². The fourth-order valence-electron chi connectivity index (χ4n) is 5.36. The second-order valence-electron chi connectivity index (χ2n) is 9.46. The number of phenolic OH excluding ortho intramolecular Hbond substituents is 1. The van der Waals surface area contributed by atoms with Crippen molar-refractivity contribution in [2.45, 2.75) is 64.6 Å². The zero-order valence-corrected chi connectivity index (χ0v) is 18.5. The summed E-state index contributed by atoms with van der Waals surface area (Å²) in [7, 11) is 0. The van der Waals surface area contributed by atoms with Gasteiger partial charge in [-0.15, -0.1) is 0 Å². The molecule has 2 amide bonds. The lowest BCUT2D eigenvalue weighted by Crippen LogP contribution is -2.64. The molecule has 0 bridgehead atoms. The quantitative estimate of drug-likeness (QED) is 0.763. The highest BCUT2D eigenvalue weighted by molar-refractivity contribution is 5.75. The third-order valence-corrected chi connectivity index (χ3v) is 7.19. The van der Waals surface area contributed by atoms with Crippen LogP contribution in [0.5, 0.6) is 5.75 Å². The summed E-state index contributed by atoms with van der Waals surface area (Å²) in [5.41, 5.74) is 2.70. The second-order valence-corrected chi connectivity index (χ2v) is 9.46. The van der Waals surface area contributed by atoms with Gasteiger partial charge < -0.3 is 15.3 Å². The molecule has 1 aliphatic carbocycles. The van der Waals surface area contributed by atoms with Crippen LogP contribution >= 0.6 is 0 Å². The number of carbonyl (C=O) groups excluding carboxylic acids is 1. The van der Waals surface area contributed by atoms with Crippen molar-refractivity contribution in [1.29, 1.82) is 0 Å². The Hall–Kier alpha value is -2.27. The number of allylic oxidation sites excluding steroid dienone is 2. The monoisotopic (exact) mass is 409 g/mol. The molecule has 1 aromatic rings. The average Bonchev–Trinajstić information content (AvgIpc) is 2.74. The molecular weight excluding hydrogens is 374 g/mol. The normalized spacial score (nSPS) is 24.5. The summed E-state index contributed by atoms with van der Waals surface area (Å²) < 4.78 is 0. The summed E-state index contributed by atoms with van der Waals surface area (Å²) in [6, 6.07) is 8.64. The lowest BCUT2D eigenvalue weighted by atomic mass is 9.62. The lowest BCUT2D eigenvalue weighted by molar-refractivity contribution is -0.123. The van der Waals surface area contributed by atoms with Crippen LogP contribution in [0, 0.1) is 5.41 Å². The van der Waals surface area contributed by atoms with Gasteiger partial charge in [-0.1, -0.05) is 30.4 Å². The topological polar surface area (TPSA) is 55.8 Å². The van der Waals surface area contributed by atoms with Crippen LogP contribution in [0.2, 0.25) is 0 Å². The number of amides is 2. The minimum Gasteiger partial charge on any atom is -0.508 e. The van der Waals surface area contributed by atoms with Gasteiger partial charge >= 0.3 is 6.03 Å². The number of piperidine rings is 1. The molecule has 2 heterocycles. The lowest BCUT2D eigenvalue weighted by Gasteiger charge is -2.62. The molecule has 2 fully saturated rings. The number of carbonyl (C=O) groups is 1. The van der Waals surface area contributed by atoms with E-state index in [0.717, 1.165) is 45.3 Å². The van der Waals surface area contributed by atoms with Crippen LogP contribution in [0.1, 0.15) is 58.1 Å². The van der Waals surface area contributed by atoms with E-state index >= 15 is 0 Å². The maximum Gasteiger partial charge on any atom is 0.317 e. The van der Waals surface area contributed by atoms with E-state index in [4.69, 9.17) is 0 Å². The first-order valence-electron chi connectivity index (χ1n) is 11.4. The molecule has 2 atom stereocenters. The SMILES string of the molecule is CC(C)N1CC2(CCN(C(=O)N[C@H](C)C3=CCCC=C3)CC2)C1c1ccc(O)cc1. The molecule has 0 saturated carbocycles. The largest absolute Gasteiger partial charge is 0.508 e. The standard InChI is InChI=1S/C25H35N3O2/c1-18(2)28-17-25(23(28)21-9-11-22(29)12-10-21)13-15-27(16-14-25)24(30)26-19(3)20-7-5-4-6-8-20/h5,7-12,18-19,23,29H,4,6,13-17H2,1-3H3,(H,26,30)/t19-,23?/m1/s1. The van der Waals surface area contributed by atoms with Crippen molar-refractivity contribution in [3.63, 3.8) is 0 Å². The van der Waals surface area contributed by atoms with E-state index in [9.17, 15) is 9.90 Å². The van der Waals surface area contributed by atoms with E-state index in [-0.39, 0.29) is 17.5 Å². The van der Waals surface area contributed by atoms with Gasteiger partial charge in [0.2, 0.25) is 0 Å². The molecule has 162 valence electrons. The number of likely N-dealkylation sites (tertiary alicyclic amines) is 2. The minimum absolute atomic E-state index is 0.0508. The Kier molecular flexibility index (Phi) is 5.92. The van der Waals surface area contributed by atoms with Gasteiger partial charge in [0, 0.05) is 37.1 Å². The van der Waals surface area contributed by atoms with Crippen LogP contribution in [0.4, 0.5) is 4.79 Å². The third kappa shape index (κ3) is 4.00. The summed E-state index contributed by atoms with van der Waals surface area (Å²) in [4.78, 5) is 17.4. The molecule has 3 aliphatic rings. The van der Waals surface area contributed by atoms with Crippen molar-refractivity contribution < 1.29 is 9.90 Å². The highest BCUT2D eigenvalue weighted by atomic mass is 16.3. The van der Waals surface area contributed by atoms with E-state index in [0.29, 0.717) is 17.8 Å². The van der Waals surface area contributed by atoms with Crippen molar-refractivity contribution >= 4 is 6.03 Å². The van der Waals surface area contributed by atoms with Gasteiger partial charge in [0.1, 0.15) is 5.75 Å². The van der Waals surface area contributed by atoms with Crippen molar-refractivity contribution in [2.75, 3.05) is 19.6 Å². The average molecular weight is 410 g/mol. The molecule has 4 rings (SSSR count). The van der Waals surface area contributed by atoms with E-state index < -0.39 is 0 Å². The Morgan fingerprint density at radius 3 is 2.43 bits per heavy atom. The number of nitrogens with zero attached hydrogens (tertiary/aromatic N) is 2. The fourth-order valence-corrected chi connectivity index (χ4v) is 5.36. The first kappa shape index (κ1) is 21.0. The van der Waals surface area contributed by atoms with Gasteiger partial charge in [0.25, 0.3) is 0 Å². The first-order chi connectivity index (χ1) is 14.4. The van der Waals surface area contributed by atoms with Crippen LogP contribution in [-0.2, 0) is 0 Å². The molecule has 2 saturated heterocycles. The second kappa shape index (κ2) is 8.46. The predicted octanol–water partition coefficient (Wildman–Crippen LogP) is 4.61. The Morgan fingerprint density at radius 2 is 1.83 bits per heavy atom. The zero-order chi connectivity index (χ0) is 21.3. The van der Waals surface area contributed by atoms with Crippen LogP contribution < -0.4 is 5.32 Å². The molecule has 0 radical (unpaired) electrons. The summed E-state index contributed by atoms with van der Waals surface area (Å²) in [6.07, 6.45) is 10.7. The Labute approximate surface area is 180 Å². The van der Waals surface area contributed by atoms with Crippen molar-refractivity contribution in [1.82, 2.24) is 15.1 Å². The molecule has 0 aromatic heterocycles. The fraction of sp³-hybridized carbons (Fsp3) is 0.560. The number of nitrogens with one attached hydrogen (secondary N) is 1. The number of urea groups is 1. The van der Waals surface area contributed by atoms with Crippen molar-refractivity contribution in [3.8, 4) is 5.75 Å². The van der Waals surface area contributed by atoms with Crippen molar-refractivity contribution in [2.24, 2.45) is 5.41 Å². The first-order valence-corrected chi connectivity index (χ1v) is 11.4. The van der Waals surface area contributed by atoms with E-state index in [1.54, 1.807) is 12.1 Å². The maximum absolute atomic E-state index is 12.9. The van der Waals surface area contributed by atoms with Crippen LogP contribution in [-0.4, -0.2) is 52.7 Å². The predicted molar refractivity (Wildman–Crippen MR) is 120 cm³/mol. The van der Waals surface area contributed by atoms with Gasteiger partial charge in [-0.25, -0.2) is 4.79 Å². The molecule has 1 aromatic carbocycles. The number of hydrogen-bond donors (Lipinski definition) is 2. The summed E-state index contributed by atoms with van der Waals surface area (Å²) >= 11 is 0. The Balaban J connectivity index is 1.40. The smallest absolute Gasteiger partial charge is 0.317 e. The molecule has 5 nitrogen and oxygen atoms in total. The molecule has 2 N–H and O–H groups in total. The Bertz CT molecular complexity index is 819. The van der Waals surface area contributed by atoms with Gasteiger partial charge in [0.15, 0.2) is 0 Å². The highest BCUT2D eigenvalue weighted by Crippen LogP contribution is 2.55. The number of rotatable bonds is 4. The van der Waals surface area contributed by atoms with Gasteiger partial charge in [-0.2, -0.15) is 0 Å². The Morgan fingerprint density at radius 1 is 1.13 bits per heavy atom. The summed E-state index contributed by atoms with van der Waals surface area (Å²) in [6.45, 7) is 9.25. The molecule has 5 heteroatoms. The third-order valence-electron chi connectivity index (χ3n) is 7.19. The minimum atomic E-state index is 0.0508. The molecule has 1 spiro atoms. The number of phenols is 1. The highest BCUT2D eigenvalue weighted by Gasteiger charge is 2.54. The van der Waals surface area contributed by atoms with E-state index in [1.165, 1.54) is 11.1 Å². The summed E-state index contributed by atoms with van der Waals surface area (Å²) in [5, 5.41) is 12.9. The van der Waals surface area contributed by atoms with E-state index in [2.05, 4.69) is 61.3 Å². The van der Waals surface area contributed by atoms with Gasteiger partial charge in [-0.05, 0) is 69.7 Å². The summed E-state index contributed by atoms with van der Waals surface area (Å²) in [5.74, 6) is 0.312. The molecule has 2 aliphatic heterocycles. The molecular formula is C25H35N3O2. The molecule has 1 unspecified atom stereocenters. The van der Waals surface area contributed by atoms with Gasteiger partial charge in [0.05, 0.1) is 6.04 Å². The maximum atomic E-state index is 12.9. The van der Waals surface area contributed by atoms with Crippen LogP contribution in [0.25, 0.3) is 0 Å². The number of hydrogen-bond acceptors (Lipinski definition) is 3. The number of aromatic hydroxyl groups is 1. The van der Waals surface area contributed by atoms with Crippen molar-refractivity contribution in [3.05, 3.63) is 53.6 Å². The van der Waals surface area contributed by atoms with E-state index in [1.807, 2.05) is 4.90 Å². The van der Waals surface area contributed by atoms with Crippen LogP contribution in [0.15, 0.2) is 48.1 Å². The number of benzene rings is 1. The zero-order valence-electron chi connectivity index (χ0n) is 18.5. The molecule has 30 heavy (non-hydrogen) atoms. The van der Waals surface area contributed by atoms with Crippen LogP contribution in [0.3, 0.4) is 0 Å².